The Hall–Kier alpha value is -9.43. The first kappa shape index (κ1) is 82.9. The van der Waals surface area contributed by atoms with Crippen LogP contribution in [0.3, 0.4) is 0 Å². The van der Waals surface area contributed by atoms with Crippen molar-refractivity contribution in [3.05, 3.63) is 66.2 Å². The van der Waals surface area contributed by atoms with Gasteiger partial charge in [0.1, 0.15) is 0 Å². The van der Waals surface area contributed by atoms with Crippen LogP contribution in [-0.2, 0) is 11.3 Å². The molecule has 3 aliphatic heterocycles. The quantitative estimate of drug-likeness (QED) is 0.0975. The van der Waals surface area contributed by atoms with Crippen molar-refractivity contribution < 1.29 is 4.74 Å². The number of rotatable bonds is 6. The van der Waals surface area contributed by atoms with Gasteiger partial charge < -0.3 is 121 Å². The third-order valence-electron chi connectivity index (χ3n) is 7.99. The zero-order valence-electron chi connectivity index (χ0n) is 50.4. The van der Waals surface area contributed by atoms with Crippen molar-refractivity contribution in [2.75, 3.05) is 94.8 Å². The number of likely N-dealkylation sites (N-methyl/N-ethyl adjacent to an activating group) is 1. The highest BCUT2D eigenvalue weighted by atomic mass is 16.5. The zero-order valence-corrected chi connectivity index (χ0v) is 50.4. The average Bonchev–Trinajstić information content (AvgIpc) is 4.02. The molecule has 464 valence electrons. The summed E-state index contributed by atoms with van der Waals surface area (Å²) in [6, 6.07) is 20.1. The van der Waals surface area contributed by atoms with Gasteiger partial charge in [0.2, 0.25) is 0 Å². The summed E-state index contributed by atoms with van der Waals surface area (Å²) in [5.74, 6) is 3.17. The van der Waals surface area contributed by atoms with E-state index in [0.29, 0.717) is 61.5 Å². The number of nitrogens with zero attached hydrogens (tertiary/aromatic N) is 11. The first-order valence-electron chi connectivity index (χ1n) is 25.0. The molecule has 2 aromatic rings. The molecule has 0 atom stereocenters. The van der Waals surface area contributed by atoms with Gasteiger partial charge in [0.25, 0.3) is 0 Å². The van der Waals surface area contributed by atoms with Gasteiger partial charge in [-0.1, -0.05) is 48.5 Å². The Morgan fingerprint density at radius 3 is 1.38 bits per heavy atom. The van der Waals surface area contributed by atoms with Gasteiger partial charge in [-0.2, -0.15) is 0 Å². The number of para-hydroxylation sites is 1. The number of guanidine groups is 10. The molecule has 1 fully saturated rings. The molecule has 81 heavy (non-hydrogen) atoms. The molecule has 0 aliphatic carbocycles. The maximum absolute atomic E-state index is 7.04. The fourth-order valence-corrected chi connectivity index (χ4v) is 4.32. The number of morpholine rings is 1. The van der Waals surface area contributed by atoms with Crippen molar-refractivity contribution in [1.82, 2.24) is 30.7 Å². The Labute approximate surface area is 481 Å². The van der Waals surface area contributed by atoms with Crippen LogP contribution in [0.1, 0.15) is 54.0 Å². The number of nitrogens with one attached hydrogen (secondary N) is 6. The predicted octanol–water partition coefficient (Wildman–Crippen LogP) is -3.79. The van der Waals surface area contributed by atoms with Gasteiger partial charge in [0, 0.05) is 86.6 Å². The number of aliphatic imine (C=N–C) groups is 8. The molecular formula is C48H106N32O. The highest BCUT2D eigenvalue weighted by molar-refractivity contribution is 5.81. The lowest BCUT2D eigenvalue weighted by atomic mass is 10.2. The molecule has 1 saturated heterocycles. The van der Waals surface area contributed by atoms with Crippen molar-refractivity contribution in [2.24, 2.45) is 126 Å². The van der Waals surface area contributed by atoms with Crippen LogP contribution in [-0.4, -0.2) is 193 Å². The van der Waals surface area contributed by atoms with Crippen LogP contribution in [0.5, 0.6) is 0 Å². The van der Waals surface area contributed by atoms with Crippen LogP contribution >= 0.6 is 0 Å². The normalized spacial score (nSPS) is 12.5. The standard InChI is InChI=1S/C8H11N3.C7H9N3.C7H17N3.C5H11N3O.C5H12N2.C4H9N3.C3H7N3.2C3H9N3.C2H7N3.CH5N3/c9-8(10)11-6-7-4-2-1-3-5-7;8-7(9)10-6-4-2-1-3-5-6;1-5(2)9-7(8)10-6(3)4;6-5(7)8-1-3-9-4-2-8;1-4(2)7-5(3)6;1-7-3-2-6-4(7)5;4-3-5-1-2-6-3;1-6(2)3(4)5;1-5-3(4)6-2;1-5-2(3)4;2-1(3)4/h1-5H,6H2,(H4,9,10,11);1-5H,(H4,8,9,10);5-6H,1-4H3,(H3,8,9,10);1-4H2,(H3,6,7);4H,1-3H3,(H2,6,7);2-3H2,1H3,(H2,5,6);1-2H2,(H3,4,5,6);1-2H3,(H3,4,5);1-2H3,(H3,4,5,6);1H3,(H4,3,4,5);(H5,2,3,4). The Bertz CT molecular complexity index is 2110. The van der Waals surface area contributed by atoms with Crippen LogP contribution in [0.4, 0.5) is 5.69 Å². The van der Waals surface area contributed by atoms with E-state index >= 15 is 0 Å². The summed E-state index contributed by atoms with van der Waals surface area (Å²) < 4.78 is 5.06. The van der Waals surface area contributed by atoms with Crippen LogP contribution in [0, 0.1) is 16.2 Å². The van der Waals surface area contributed by atoms with Gasteiger partial charge in [-0.3, -0.25) is 46.2 Å². The molecule has 33 heteroatoms. The number of nitrogens with two attached hydrogens (primary N) is 15. The zero-order chi connectivity index (χ0) is 63.9. The van der Waals surface area contributed by atoms with Gasteiger partial charge in [-0.15, -0.1) is 0 Å². The molecular weight excluding hydrogens is 1040 g/mol. The van der Waals surface area contributed by atoms with Crippen LogP contribution < -0.4 is 102 Å². The largest absolute Gasteiger partial charge is 0.388 e. The van der Waals surface area contributed by atoms with E-state index in [1.54, 1.807) is 40.0 Å². The molecule has 3 heterocycles. The Kier molecular flexibility index (Phi) is 56.6. The first-order chi connectivity index (χ1) is 37.7. The lowest BCUT2D eigenvalue weighted by Gasteiger charge is -2.26. The third-order valence-corrected chi connectivity index (χ3v) is 7.99. The summed E-state index contributed by atoms with van der Waals surface area (Å²) in [5, 5.41) is 28.2. The Morgan fingerprint density at radius 2 is 1.16 bits per heavy atom. The SMILES string of the molecule is CC(C)N=C(N)NC(C)C.CC(N)=NC(C)C.CN(C)C(=N)N.CN1CCN=C1N.CN=C(N)N.CN=C(N)NC.N=C(N)N.N=C(N)N1CCOCC1.NC(N)=NCc1ccccc1.NC(N)=Nc1ccccc1.NC1=NCCN1. The minimum absolute atomic E-state index is 0.0891. The van der Waals surface area contributed by atoms with Gasteiger partial charge in [-0.05, 0) is 66.2 Å². The summed E-state index contributed by atoms with van der Waals surface area (Å²) >= 11 is 0. The molecule has 5 rings (SSSR count). The van der Waals surface area contributed by atoms with Crippen LogP contribution in [0.2, 0.25) is 0 Å². The molecule has 0 amide bonds. The van der Waals surface area contributed by atoms with Crippen molar-refractivity contribution in [2.45, 2.75) is 73.1 Å². The summed E-state index contributed by atoms with van der Waals surface area (Å²) in [4.78, 5) is 35.7. The van der Waals surface area contributed by atoms with Crippen molar-refractivity contribution in [1.29, 1.82) is 16.2 Å². The molecule has 0 aromatic heterocycles. The Balaban J connectivity index is -0.000000193. The summed E-state index contributed by atoms with van der Waals surface area (Å²) in [6.45, 7) is 20.9. The van der Waals surface area contributed by atoms with Gasteiger partial charge in [0.15, 0.2) is 59.6 Å². The molecule has 0 spiro atoms. The molecule has 2 aromatic carbocycles. The van der Waals surface area contributed by atoms with Crippen molar-refractivity contribution >= 4 is 71.1 Å². The summed E-state index contributed by atoms with van der Waals surface area (Å²) in [6.07, 6.45) is 0. The fourth-order valence-electron chi connectivity index (χ4n) is 4.32. The second-order valence-corrected chi connectivity index (χ2v) is 17.0. The van der Waals surface area contributed by atoms with E-state index in [1.807, 2.05) is 114 Å². The van der Waals surface area contributed by atoms with E-state index in [4.69, 9.17) is 95.5 Å². The number of hydrogen-bond acceptors (Lipinski definition) is 16. The lowest BCUT2D eigenvalue weighted by Crippen LogP contribution is -2.44. The van der Waals surface area contributed by atoms with Crippen LogP contribution in [0.25, 0.3) is 0 Å². The molecule has 3 aliphatic rings. The topological polar surface area (TPSA) is 616 Å². The molecule has 0 bridgehead atoms. The molecule has 36 N–H and O–H groups in total. The molecule has 0 radical (unpaired) electrons. The second kappa shape index (κ2) is 55.3. The Morgan fingerprint density at radius 1 is 0.691 bits per heavy atom. The maximum atomic E-state index is 7.04. The smallest absolute Gasteiger partial charge is 0.191 e. The molecule has 33 nitrogen and oxygen atoms in total. The van der Waals surface area contributed by atoms with E-state index in [9.17, 15) is 0 Å². The van der Waals surface area contributed by atoms with E-state index < -0.39 is 0 Å². The van der Waals surface area contributed by atoms with E-state index in [2.05, 4.69) is 67.4 Å². The lowest BCUT2D eigenvalue weighted by molar-refractivity contribution is 0.0672. The average molecular weight is 1150 g/mol. The highest BCUT2D eigenvalue weighted by Gasteiger charge is 2.10. The van der Waals surface area contributed by atoms with E-state index in [-0.39, 0.29) is 41.8 Å². The minimum atomic E-state index is -0.333. The first-order valence-corrected chi connectivity index (χ1v) is 25.0. The molecule has 0 saturated carbocycles. The maximum Gasteiger partial charge on any atom is 0.191 e. The fraction of sp³-hybridized carbons (Fsp3) is 0.521. The van der Waals surface area contributed by atoms with Gasteiger partial charge in [0.05, 0.1) is 44.4 Å². The predicted molar refractivity (Wildman–Crippen MR) is 343 cm³/mol. The summed E-state index contributed by atoms with van der Waals surface area (Å²) in [5.41, 5.74) is 77.7. The summed E-state index contributed by atoms with van der Waals surface area (Å²) in [7, 11) is 10.3. The number of ether oxygens (including phenoxy) is 1. The van der Waals surface area contributed by atoms with Crippen LogP contribution in [0.15, 0.2) is 101 Å². The van der Waals surface area contributed by atoms with Crippen molar-refractivity contribution in [3.8, 4) is 0 Å². The molecule has 0 unspecified atom stereocenters. The number of benzene rings is 2. The van der Waals surface area contributed by atoms with Crippen molar-refractivity contribution in [3.63, 3.8) is 0 Å². The number of amidine groups is 1. The van der Waals surface area contributed by atoms with E-state index in [1.165, 1.54) is 11.9 Å². The minimum Gasteiger partial charge on any atom is -0.388 e. The second-order valence-electron chi connectivity index (χ2n) is 17.0. The highest BCUT2D eigenvalue weighted by Crippen LogP contribution is 2.08. The van der Waals surface area contributed by atoms with E-state index in [0.717, 1.165) is 50.5 Å². The van der Waals surface area contributed by atoms with Gasteiger partial charge >= 0.3 is 0 Å². The van der Waals surface area contributed by atoms with Gasteiger partial charge in [-0.25, -0.2) is 9.98 Å². The monoisotopic (exact) mass is 1150 g/mol. The number of hydrogen-bond donors (Lipinski definition) is 21. The third kappa shape index (κ3) is 74.9.